The van der Waals surface area contributed by atoms with Gasteiger partial charge in [-0.1, -0.05) is 24.3 Å². The van der Waals surface area contributed by atoms with Crippen LogP contribution in [-0.2, 0) is 12.8 Å². The van der Waals surface area contributed by atoms with Crippen LogP contribution in [0.1, 0.15) is 11.1 Å². The van der Waals surface area contributed by atoms with Gasteiger partial charge in [-0.15, -0.1) is 0 Å². The van der Waals surface area contributed by atoms with Crippen molar-refractivity contribution in [1.82, 2.24) is 5.32 Å². The van der Waals surface area contributed by atoms with E-state index in [1.807, 2.05) is 19.2 Å². The highest BCUT2D eigenvalue weighted by atomic mass is 19.1. The molecular formula is C17H19F2N. The Morgan fingerprint density at radius 3 is 1.80 bits per heavy atom. The highest BCUT2D eigenvalue weighted by molar-refractivity contribution is 5.20. The van der Waals surface area contributed by atoms with Gasteiger partial charge in [0.25, 0.3) is 0 Å². The largest absolute Gasteiger partial charge is 0.319 e. The maximum atomic E-state index is 13.2. The summed E-state index contributed by atoms with van der Waals surface area (Å²) in [5.74, 6) is -0.114. The van der Waals surface area contributed by atoms with E-state index >= 15 is 0 Å². The average Bonchev–Trinajstić information content (AvgIpc) is 2.39. The van der Waals surface area contributed by atoms with E-state index in [1.54, 1.807) is 24.3 Å². The predicted octanol–water partition coefficient (Wildman–Crippen LogP) is 3.59. The van der Waals surface area contributed by atoms with E-state index in [9.17, 15) is 8.78 Å². The summed E-state index contributed by atoms with van der Waals surface area (Å²) >= 11 is 0. The molecule has 0 aromatic heterocycles. The standard InChI is InChI=1S/C17H19F2N/c1-20-12-15(8-13-4-2-6-16(18)10-13)9-14-5-3-7-17(19)11-14/h2-7,10-11,15,20H,8-9,12H2,1H3. The molecule has 1 N–H and O–H groups in total. The molecule has 106 valence electrons. The first-order valence-electron chi connectivity index (χ1n) is 6.81. The minimum Gasteiger partial charge on any atom is -0.319 e. The second kappa shape index (κ2) is 7.15. The van der Waals surface area contributed by atoms with Crippen LogP contribution >= 0.6 is 0 Å². The van der Waals surface area contributed by atoms with Gasteiger partial charge in [-0.05, 0) is 67.7 Å². The van der Waals surface area contributed by atoms with Crippen molar-refractivity contribution in [3.05, 3.63) is 71.3 Å². The van der Waals surface area contributed by atoms with Crippen LogP contribution in [-0.4, -0.2) is 13.6 Å². The Kier molecular flexibility index (Phi) is 5.24. The van der Waals surface area contributed by atoms with Crippen molar-refractivity contribution in [3.8, 4) is 0 Å². The Balaban J connectivity index is 2.07. The molecule has 0 unspecified atom stereocenters. The topological polar surface area (TPSA) is 12.0 Å². The van der Waals surface area contributed by atoms with E-state index in [0.717, 1.165) is 30.5 Å². The summed E-state index contributed by atoms with van der Waals surface area (Å²) < 4.78 is 26.4. The summed E-state index contributed by atoms with van der Waals surface area (Å²) in [5.41, 5.74) is 1.95. The van der Waals surface area contributed by atoms with Crippen LogP contribution < -0.4 is 5.32 Å². The van der Waals surface area contributed by atoms with Gasteiger partial charge in [0, 0.05) is 0 Å². The summed E-state index contributed by atoms with van der Waals surface area (Å²) in [4.78, 5) is 0. The van der Waals surface area contributed by atoms with Gasteiger partial charge >= 0.3 is 0 Å². The first-order valence-corrected chi connectivity index (χ1v) is 6.81. The first-order chi connectivity index (χ1) is 9.67. The molecule has 0 aliphatic carbocycles. The van der Waals surface area contributed by atoms with Crippen molar-refractivity contribution < 1.29 is 8.78 Å². The molecule has 0 saturated heterocycles. The molecule has 0 aliphatic heterocycles. The smallest absolute Gasteiger partial charge is 0.123 e. The van der Waals surface area contributed by atoms with E-state index in [0.29, 0.717) is 5.92 Å². The normalized spacial score (nSPS) is 11.0. The Bertz CT molecular complexity index is 507. The van der Waals surface area contributed by atoms with E-state index in [1.165, 1.54) is 12.1 Å². The molecule has 3 heteroatoms. The van der Waals surface area contributed by atoms with Crippen LogP contribution in [0.3, 0.4) is 0 Å². The molecule has 0 radical (unpaired) electrons. The zero-order valence-corrected chi connectivity index (χ0v) is 11.6. The molecule has 0 fully saturated rings. The van der Waals surface area contributed by atoms with Crippen LogP contribution in [0.2, 0.25) is 0 Å². The fraction of sp³-hybridized carbons (Fsp3) is 0.294. The Labute approximate surface area is 118 Å². The van der Waals surface area contributed by atoms with Crippen LogP contribution in [0.15, 0.2) is 48.5 Å². The van der Waals surface area contributed by atoms with Gasteiger partial charge in [0.15, 0.2) is 0 Å². The molecule has 2 aromatic carbocycles. The van der Waals surface area contributed by atoms with Gasteiger partial charge in [0.1, 0.15) is 11.6 Å². The molecule has 0 spiro atoms. The highest BCUT2D eigenvalue weighted by Gasteiger charge is 2.11. The Morgan fingerprint density at radius 1 is 0.900 bits per heavy atom. The van der Waals surface area contributed by atoms with Gasteiger partial charge < -0.3 is 5.32 Å². The lowest BCUT2D eigenvalue weighted by Gasteiger charge is -2.17. The van der Waals surface area contributed by atoms with Gasteiger partial charge in [0.2, 0.25) is 0 Å². The molecule has 0 saturated carbocycles. The molecule has 2 aromatic rings. The zero-order valence-electron chi connectivity index (χ0n) is 11.6. The minimum absolute atomic E-state index is 0.212. The number of hydrogen-bond acceptors (Lipinski definition) is 1. The van der Waals surface area contributed by atoms with Gasteiger partial charge in [-0.25, -0.2) is 8.78 Å². The molecule has 0 bridgehead atoms. The lowest BCUT2D eigenvalue weighted by Crippen LogP contribution is -2.22. The molecule has 20 heavy (non-hydrogen) atoms. The molecular weight excluding hydrogens is 256 g/mol. The molecule has 1 nitrogen and oxygen atoms in total. The number of halogens is 2. The van der Waals surface area contributed by atoms with Crippen molar-refractivity contribution >= 4 is 0 Å². The van der Waals surface area contributed by atoms with Crippen LogP contribution in [0.4, 0.5) is 8.78 Å². The summed E-state index contributed by atoms with van der Waals surface area (Å²) in [5, 5.41) is 3.15. The van der Waals surface area contributed by atoms with Gasteiger partial charge in [-0.2, -0.15) is 0 Å². The average molecular weight is 275 g/mol. The third-order valence-electron chi connectivity index (χ3n) is 3.32. The Morgan fingerprint density at radius 2 is 1.40 bits per heavy atom. The highest BCUT2D eigenvalue weighted by Crippen LogP contribution is 2.16. The summed E-state index contributed by atoms with van der Waals surface area (Å²) in [6.45, 7) is 0.813. The summed E-state index contributed by atoms with van der Waals surface area (Å²) in [6, 6.07) is 13.3. The van der Waals surface area contributed by atoms with Crippen LogP contribution in [0.5, 0.6) is 0 Å². The number of rotatable bonds is 6. The lowest BCUT2D eigenvalue weighted by molar-refractivity contribution is 0.490. The minimum atomic E-state index is -0.212. The van der Waals surface area contributed by atoms with Crippen molar-refractivity contribution in [1.29, 1.82) is 0 Å². The maximum Gasteiger partial charge on any atom is 0.123 e. The number of hydrogen-bond donors (Lipinski definition) is 1. The predicted molar refractivity (Wildman–Crippen MR) is 77.6 cm³/mol. The number of nitrogens with one attached hydrogen (secondary N) is 1. The second-order valence-electron chi connectivity index (χ2n) is 5.09. The van der Waals surface area contributed by atoms with Gasteiger partial charge in [0.05, 0.1) is 0 Å². The van der Waals surface area contributed by atoms with Crippen molar-refractivity contribution in [2.24, 2.45) is 5.92 Å². The summed E-state index contributed by atoms with van der Waals surface area (Å²) in [6.07, 6.45) is 1.55. The molecule has 0 aliphatic rings. The lowest BCUT2D eigenvalue weighted by atomic mass is 9.92. The molecule has 0 atom stereocenters. The van der Waals surface area contributed by atoms with E-state index in [4.69, 9.17) is 0 Å². The maximum absolute atomic E-state index is 13.2. The van der Waals surface area contributed by atoms with E-state index in [-0.39, 0.29) is 11.6 Å². The van der Waals surface area contributed by atoms with Crippen LogP contribution in [0, 0.1) is 17.6 Å². The van der Waals surface area contributed by atoms with Crippen molar-refractivity contribution in [2.45, 2.75) is 12.8 Å². The molecule has 2 rings (SSSR count). The monoisotopic (exact) mass is 275 g/mol. The molecule has 0 amide bonds. The first kappa shape index (κ1) is 14.7. The van der Waals surface area contributed by atoms with Crippen molar-refractivity contribution in [3.63, 3.8) is 0 Å². The van der Waals surface area contributed by atoms with E-state index < -0.39 is 0 Å². The molecule has 0 heterocycles. The third kappa shape index (κ3) is 4.42. The van der Waals surface area contributed by atoms with Crippen molar-refractivity contribution in [2.75, 3.05) is 13.6 Å². The quantitative estimate of drug-likeness (QED) is 0.849. The SMILES string of the molecule is CNCC(Cc1cccc(F)c1)Cc1cccc(F)c1. The number of benzene rings is 2. The van der Waals surface area contributed by atoms with E-state index in [2.05, 4.69) is 5.32 Å². The van der Waals surface area contributed by atoms with Crippen LogP contribution in [0.25, 0.3) is 0 Å². The van der Waals surface area contributed by atoms with Gasteiger partial charge in [-0.3, -0.25) is 0 Å². The summed E-state index contributed by atoms with van der Waals surface area (Å²) in [7, 11) is 1.89. The Hall–Kier alpha value is -1.74. The zero-order chi connectivity index (χ0) is 14.4. The fourth-order valence-electron chi connectivity index (χ4n) is 2.50. The second-order valence-corrected chi connectivity index (χ2v) is 5.09. The third-order valence-corrected chi connectivity index (χ3v) is 3.32. The fourth-order valence-corrected chi connectivity index (χ4v) is 2.50.